The number of thioether (sulfide) groups is 1. The first-order valence-electron chi connectivity index (χ1n) is 6.22. The zero-order chi connectivity index (χ0) is 13.0. The molecule has 0 fully saturated rings. The maximum Gasteiger partial charge on any atom is 0.332 e. The number of carbonyl (C=O) groups is 1. The third kappa shape index (κ3) is 2.75. The van der Waals surface area contributed by atoms with Crippen LogP contribution in [0.15, 0.2) is 35.3 Å². The van der Waals surface area contributed by atoms with E-state index in [1.807, 2.05) is 37.3 Å². The Balaban J connectivity index is 2.19. The standard InChI is InChI=1S/C14H17NO2S/c1-3-11-12(14(16)17-4-2)15-13(18-11)10-8-6-5-7-9-10/h5-9,11-12H,3-4H2,1-2H3/t11-,12+/m1/s1. The van der Waals surface area contributed by atoms with Gasteiger partial charge in [-0.25, -0.2) is 4.79 Å². The fourth-order valence-electron chi connectivity index (χ4n) is 1.91. The van der Waals surface area contributed by atoms with Crippen LogP contribution in [0.2, 0.25) is 0 Å². The molecule has 0 aliphatic carbocycles. The number of hydrogen-bond acceptors (Lipinski definition) is 4. The zero-order valence-electron chi connectivity index (χ0n) is 10.6. The van der Waals surface area contributed by atoms with Crippen molar-refractivity contribution in [1.82, 2.24) is 0 Å². The Morgan fingerprint density at radius 2 is 2.06 bits per heavy atom. The van der Waals surface area contributed by atoms with Crippen LogP contribution < -0.4 is 0 Å². The summed E-state index contributed by atoms with van der Waals surface area (Å²) in [6.07, 6.45) is 0.911. The van der Waals surface area contributed by atoms with Crippen LogP contribution in [0, 0.1) is 0 Å². The molecule has 0 saturated carbocycles. The lowest BCUT2D eigenvalue weighted by Crippen LogP contribution is -2.28. The average Bonchev–Trinajstić information content (AvgIpc) is 2.84. The molecule has 1 aliphatic heterocycles. The van der Waals surface area contributed by atoms with Crippen LogP contribution in [0.1, 0.15) is 25.8 Å². The smallest absolute Gasteiger partial charge is 0.332 e. The molecule has 0 aromatic heterocycles. The van der Waals surface area contributed by atoms with Crippen molar-refractivity contribution in [2.45, 2.75) is 31.6 Å². The maximum absolute atomic E-state index is 11.8. The van der Waals surface area contributed by atoms with Crippen molar-refractivity contribution in [3.8, 4) is 0 Å². The number of rotatable bonds is 4. The molecule has 1 aliphatic rings. The van der Waals surface area contributed by atoms with E-state index in [1.54, 1.807) is 11.8 Å². The summed E-state index contributed by atoms with van der Waals surface area (Å²) in [5.41, 5.74) is 1.08. The Labute approximate surface area is 112 Å². The van der Waals surface area contributed by atoms with Gasteiger partial charge in [0.25, 0.3) is 0 Å². The topological polar surface area (TPSA) is 38.7 Å². The van der Waals surface area contributed by atoms with Crippen molar-refractivity contribution in [2.75, 3.05) is 6.61 Å². The highest BCUT2D eigenvalue weighted by atomic mass is 32.2. The molecule has 0 radical (unpaired) electrons. The van der Waals surface area contributed by atoms with E-state index < -0.39 is 0 Å². The number of ether oxygens (including phenoxy) is 1. The molecule has 1 heterocycles. The van der Waals surface area contributed by atoms with Gasteiger partial charge in [0.15, 0.2) is 6.04 Å². The molecule has 2 rings (SSSR count). The largest absolute Gasteiger partial charge is 0.464 e. The van der Waals surface area contributed by atoms with Crippen LogP contribution >= 0.6 is 11.8 Å². The van der Waals surface area contributed by atoms with E-state index in [9.17, 15) is 4.79 Å². The van der Waals surface area contributed by atoms with Gasteiger partial charge in [-0.2, -0.15) is 0 Å². The lowest BCUT2D eigenvalue weighted by atomic mass is 10.1. The van der Waals surface area contributed by atoms with Crippen LogP contribution in [-0.4, -0.2) is 28.9 Å². The van der Waals surface area contributed by atoms with E-state index in [1.165, 1.54) is 0 Å². The van der Waals surface area contributed by atoms with E-state index >= 15 is 0 Å². The van der Waals surface area contributed by atoms with E-state index in [-0.39, 0.29) is 17.3 Å². The molecule has 0 spiro atoms. The van der Waals surface area contributed by atoms with Gasteiger partial charge in [0.1, 0.15) is 0 Å². The lowest BCUT2D eigenvalue weighted by molar-refractivity contribution is -0.144. The van der Waals surface area contributed by atoms with Crippen LogP contribution in [0.4, 0.5) is 0 Å². The minimum absolute atomic E-state index is 0.194. The molecule has 0 saturated heterocycles. The Bertz CT molecular complexity index is 444. The van der Waals surface area contributed by atoms with Gasteiger partial charge in [0.2, 0.25) is 0 Å². The number of carbonyl (C=O) groups excluding carboxylic acids is 1. The summed E-state index contributed by atoms with van der Waals surface area (Å²) in [6, 6.07) is 9.63. The van der Waals surface area contributed by atoms with Crippen molar-refractivity contribution >= 4 is 22.8 Å². The normalized spacial score (nSPS) is 22.7. The highest BCUT2D eigenvalue weighted by Crippen LogP contribution is 2.33. The molecule has 18 heavy (non-hydrogen) atoms. The van der Waals surface area contributed by atoms with Gasteiger partial charge in [0.05, 0.1) is 11.7 Å². The Morgan fingerprint density at radius 3 is 2.67 bits per heavy atom. The fraction of sp³-hybridized carbons (Fsp3) is 0.429. The van der Waals surface area contributed by atoms with E-state index in [0.29, 0.717) is 6.61 Å². The third-order valence-electron chi connectivity index (χ3n) is 2.82. The number of hydrogen-bond donors (Lipinski definition) is 0. The van der Waals surface area contributed by atoms with Gasteiger partial charge in [-0.15, -0.1) is 0 Å². The summed E-state index contributed by atoms with van der Waals surface area (Å²) in [5.74, 6) is -0.206. The minimum atomic E-state index is -0.352. The van der Waals surface area contributed by atoms with Gasteiger partial charge in [-0.1, -0.05) is 49.0 Å². The molecule has 0 unspecified atom stereocenters. The molecule has 0 bridgehead atoms. The third-order valence-corrected chi connectivity index (χ3v) is 4.28. The van der Waals surface area contributed by atoms with Crippen LogP contribution in [0.5, 0.6) is 0 Å². The monoisotopic (exact) mass is 263 g/mol. The highest BCUT2D eigenvalue weighted by Gasteiger charge is 2.35. The number of benzene rings is 1. The quantitative estimate of drug-likeness (QED) is 0.784. The van der Waals surface area contributed by atoms with E-state index in [4.69, 9.17) is 4.74 Å². The summed E-state index contributed by atoms with van der Waals surface area (Å²) in [4.78, 5) is 16.4. The predicted octanol–water partition coefficient (Wildman–Crippen LogP) is 2.89. The summed E-state index contributed by atoms with van der Waals surface area (Å²) in [6.45, 7) is 4.31. The Kier molecular flexibility index (Phi) is 4.42. The Morgan fingerprint density at radius 1 is 1.33 bits per heavy atom. The van der Waals surface area contributed by atoms with Crippen molar-refractivity contribution in [2.24, 2.45) is 4.99 Å². The molecule has 0 amide bonds. The molecular weight excluding hydrogens is 246 g/mol. The van der Waals surface area contributed by atoms with Crippen molar-refractivity contribution in [1.29, 1.82) is 0 Å². The summed E-state index contributed by atoms with van der Waals surface area (Å²) in [5, 5.41) is 1.14. The second-order valence-electron chi connectivity index (χ2n) is 4.06. The van der Waals surface area contributed by atoms with Crippen LogP contribution in [-0.2, 0) is 9.53 Å². The fourth-order valence-corrected chi connectivity index (χ4v) is 3.11. The molecule has 4 heteroatoms. The first-order valence-corrected chi connectivity index (χ1v) is 7.10. The molecule has 96 valence electrons. The summed E-state index contributed by atoms with van der Waals surface area (Å²) in [7, 11) is 0. The van der Waals surface area contributed by atoms with Gasteiger partial charge in [0, 0.05) is 10.8 Å². The molecule has 2 atom stereocenters. The molecule has 1 aromatic carbocycles. The minimum Gasteiger partial charge on any atom is -0.464 e. The number of nitrogens with zero attached hydrogens (tertiary/aromatic N) is 1. The van der Waals surface area contributed by atoms with E-state index in [0.717, 1.165) is 17.0 Å². The summed E-state index contributed by atoms with van der Waals surface area (Å²) < 4.78 is 5.08. The number of aliphatic imine (C=N–C) groups is 1. The maximum atomic E-state index is 11.8. The van der Waals surface area contributed by atoms with Crippen molar-refractivity contribution in [3.05, 3.63) is 35.9 Å². The first kappa shape index (κ1) is 13.1. The van der Waals surface area contributed by atoms with Gasteiger partial charge in [-0.05, 0) is 13.3 Å². The van der Waals surface area contributed by atoms with Gasteiger partial charge in [-0.3, -0.25) is 4.99 Å². The van der Waals surface area contributed by atoms with Crippen LogP contribution in [0.3, 0.4) is 0 Å². The van der Waals surface area contributed by atoms with E-state index in [2.05, 4.69) is 11.9 Å². The molecular formula is C14H17NO2S. The first-order chi connectivity index (χ1) is 8.76. The average molecular weight is 263 g/mol. The zero-order valence-corrected chi connectivity index (χ0v) is 11.4. The number of esters is 1. The second-order valence-corrected chi connectivity index (χ2v) is 5.29. The summed E-state index contributed by atoms with van der Waals surface area (Å²) >= 11 is 1.68. The van der Waals surface area contributed by atoms with Crippen LogP contribution in [0.25, 0.3) is 0 Å². The SMILES string of the molecule is CCOC(=O)[C@H]1N=C(c2ccccc2)S[C@@H]1CC. The lowest BCUT2D eigenvalue weighted by Gasteiger charge is -2.13. The van der Waals surface area contributed by atoms with Crippen molar-refractivity contribution < 1.29 is 9.53 Å². The molecule has 1 aromatic rings. The van der Waals surface area contributed by atoms with Gasteiger partial charge < -0.3 is 4.74 Å². The van der Waals surface area contributed by atoms with Gasteiger partial charge >= 0.3 is 5.97 Å². The second kappa shape index (κ2) is 6.05. The predicted molar refractivity (Wildman–Crippen MR) is 75.1 cm³/mol. The molecule has 3 nitrogen and oxygen atoms in total. The molecule has 0 N–H and O–H groups in total. The Hall–Kier alpha value is -1.29. The highest BCUT2D eigenvalue weighted by molar-refractivity contribution is 8.15. The van der Waals surface area contributed by atoms with Crippen molar-refractivity contribution in [3.63, 3.8) is 0 Å².